The molecule has 2 heterocycles. The molecule has 0 radical (unpaired) electrons. The third-order valence-corrected chi connectivity index (χ3v) is 4.06. The Morgan fingerprint density at radius 3 is 2.55 bits per heavy atom. The lowest BCUT2D eigenvalue weighted by Crippen LogP contribution is -2.42. The zero-order valence-electron chi connectivity index (χ0n) is 11.8. The summed E-state index contributed by atoms with van der Waals surface area (Å²) in [6.45, 7) is 0.486. The molecule has 3 rings (SSSR count). The molecule has 124 valence electrons. The molecule has 1 N–H and O–H groups in total. The van der Waals surface area contributed by atoms with Crippen LogP contribution in [0.2, 0.25) is 0 Å². The van der Waals surface area contributed by atoms with E-state index in [1.165, 1.54) is 0 Å². The molecule has 3 atom stereocenters. The molecule has 0 aromatic rings. The van der Waals surface area contributed by atoms with Crippen molar-refractivity contribution in [3.8, 4) is 0 Å². The SMILES string of the molecule is CC(F)(F)C(=O)OC1CCC2(CC1)OC1OC(=O)C(O)C1O2. The molecule has 2 saturated heterocycles. The van der Waals surface area contributed by atoms with E-state index in [9.17, 15) is 23.5 Å². The largest absolute Gasteiger partial charge is 0.458 e. The minimum atomic E-state index is -3.52. The first kappa shape index (κ1) is 15.6. The summed E-state index contributed by atoms with van der Waals surface area (Å²) in [6.07, 6.45) is -2.72. The van der Waals surface area contributed by atoms with Gasteiger partial charge in [0, 0.05) is 19.8 Å². The Morgan fingerprint density at radius 2 is 2.00 bits per heavy atom. The van der Waals surface area contributed by atoms with Gasteiger partial charge in [0.25, 0.3) is 0 Å². The molecule has 0 amide bonds. The fraction of sp³-hybridized carbons (Fsp3) is 0.846. The highest BCUT2D eigenvalue weighted by Crippen LogP contribution is 2.44. The van der Waals surface area contributed by atoms with Gasteiger partial charge in [0.05, 0.1) is 0 Å². The first-order valence-electron chi connectivity index (χ1n) is 7.03. The average molecular weight is 322 g/mol. The molecule has 1 aliphatic carbocycles. The number of rotatable bonds is 2. The van der Waals surface area contributed by atoms with Gasteiger partial charge < -0.3 is 24.1 Å². The highest BCUT2D eigenvalue weighted by molar-refractivity contribution is 5.78. The van der Waals surface area contributed by atoms with E-state index in [2.05, 4.69) is 0 Å². The van der Waals surface area contributed by atoms with Gasteiger partial charge in [-0.25, -0.2) is 9.59 Å². The third-order valence-electron chi connectivity index (χ3n) is 4.06. The number of hydrogen-bond donors (Lipinski definition) is 1. The van der Waals surface area contributed by atoms with Gasteiger partial charge in [-0.2, -0.15) is 8.78 Å². The van der Waals surface area contributed by atoms with Crippen LogP contribution in [0, 0.1) is 0 Å². The Morgan fingerprint density at radius 1 is 1.36 bits per heavy atom. The zero-order chi connectivity index (χ0) is 16.1. The summed E-state index contributed by atoms with van der Waals surface area (Å²) in [5, 5.41) is 9.61. The average Bonchev–Trinajstić information content (AvgIpc) is 2.89. The van der Waals surface area contributed by atoms with E-state index in [4.69, 9.17) is 18.9 Å². The van der Waals surface area contributed by atoms with Crippen LogP contribution in [-0.2, 0) is 28.5 Å². The molecule has 9 heteroatoms. The number of ether oxygens (including phenoxy) is 4. The molecule has 7 nitrogen and oxygen atoms in total. The second-order valence-electron chi connectivity index (χ2n) is 5.85. The summed E-state index contributed by atoms with van der Waals surface area (Å²) in [5.41, 5.74) is 0. The summed E-state index contributed by atoms with van der Waals surface area (Å²) in [4.78, 5) is 22.3. The van der Waals surface area contributed by atoms with Crippen molar-refractivity contribution in [2.75, 3.05) is 0 Å². The van der Waals surface area contributed by atoms with E-state index >= 15 is 0 Å². The zero-order valence-corrected chi connectivity index (χ0v) is 11.8. The maximum Gasteiger partial charge on any atom is 0.376 e. The fourth-order valence-corrected chi connectivity index (χ4v) is 2.87. The molecule has 0 aromatic carbocycles. The molecule has 3 aliphatic rings. The van der Waals surface area contributed by atoms with E-state index in [0.29, 0.717) is 6.92 Å². The molecule has 0 bridgehead atoms. The van der Waals surface area contributed by atoms with E-state index in [1.54, 1.807) is 0 Å². The normalized spacial score (nSPS) is 41.4. The van der Waals surface area contributed by atoms with Crippen molar-refractivity contribution in [3.05, 3.63) is 0 Å². The lowest BCUT2D eigenvalue weighted by atomic mass is 9.91. The Labute approximate surface area is 124 Å². The second kappa shape index (κ2) is 5.10. The lowest BCUT2D eigenvalue weighted by Gasteiger charge is -2.35. The third kappa shape index (κ3) is 2.68. The highest BCUT2D eigenvalue weighted by Gasteiger charge is 2.59. The standard InChI is InChI=1S/C13H16F2O7/c1-12(14,15)11(18)19-6-2-4-13(5-3-6)21-8-7(16)9(17)20-10(8)22-13/h6-8,10,16H,2-5H2,1H3. The molecule has 1 spiro atoms. The van der Waals surface area contributed by atoms with Gasteiger partial charge in [-0.05, 0) is 12.8 Å². The number of hydrogen-bond acceptors (Lipinski definition) is 7. The number of carbonyl (C=O) groups is 2. The van der Waals surface area contributed by atoms with Gasteiger partial charge >= 0.3 is 17.9 Å². The van der Waals surface area contributed by atoms with Crippen LogP contribution >= 0.6 is 0 Å². The smallest absolute Gasteiger partial charge is 0.376 e. The van der Waals surface area contributed by atoms with Crippen LogP contribution < -0.4 is 0 Å². The minimum absolute atomic E-state index is 0.283. The van der Waals surface area contributed by atoms with Gasteiger partial charge in [0.2, 0.25) is 6.29 Å². The van der Waals surface area contributed by atoms with Crippen molar-refractivity contribution >= 4 is 11.9 Å². The Bertz CT molecular complexity index is 481. The summed E-state index contributed by atoms with van der Waals surface area (Å²) in [6, 6.07) is 0. The van der Waals surface area contributed by atoms with Crippen molar-refractivity contribution in [3.63, 3.8) is 0 Å². The molecule has 2 aliphatic heterocycles. The Balaban J connectivity index is 1.55. The number of halogens is 2. The van der Waals surface area contributed by atoms with Gasteiger partial charge in [0.1, 0.15) is 6.10 Å². The quantitative estimate of drug-likeness (QED) is 0.740. The van der Waals surface area contributed by atoms with E-state index < -0.39 is 48.3 Å². The number of aliphatic hydroxyl groups is 1. The molecule has 0 aromatic heterocycles. The fourth-order valence-electron chi connectivity index (χ4n) is 2.87. The van der Waals surface area contributed by atoms with Crippen LogP contribution in [0.3, 0.4) is 0 Å². The molecule has 1 saturated carbocycles. The molecular weight excluding hydrogens is 306 g/mol. The van der Waals surface area contributed by atoms with Crippen LogP contribution in [0.4, 0.5) is 8.78 Å². The maximum atomic E-state index is 12.8. The number of carbonyl (C=O) groups excluding carboxylic acids is 2. The monoisotopic (exact) mass is 322 g/mol. The minimum Gasteiger partial charge on any atom is -0.458 e. The highest BCUT2D eigenvalue weighted by atomic mass is 19.3. The molecule has 3 fully saturated rings. The van der Waals surface area contributed by atoms with Crippen LogP contribution in [0.25, 0.3) is 0 Å². The summed E-state index contributed by atoms with van der Waals surface area (Å²) < 4.78 is 46.4. The predicted molar refractivity (Wildman–Crippen MR) is 63.5 cm³/mol. The van der Waals surface area contributed by atoms with Crippen LogP contribution in [0.1, 0.15) is 32.6 Å². The summed E-state index contributed by atoms with van der Waals surface area (Å²) in [7, 11) is 0. The molecular formula is C13H16F2O7. The van der Waals surface area contributed by atoms with Crippen LogP contribution in [-0.4, -0.2) is 53.4 Å². The van der Waals surface area contributed by atoms with Crippen molar-refractivity contribution in [2.45, 2.75) is 68.9 Å². The number of aliphatic hydroxyl groups excluding tert-OH is 1. The van der Waals surface area contributed by atoms with Gasteiger partial charge in [-0.3, -0.25) is 0 Å². The number of esters is 2. The lowest BCUT2D eigenvalue weighted by molar-refractivity contribution is -0.241. The number of alkyl halides is 2. The Kier molecular flexibility index (Phi) is 3.61. The van der Waals surface area contributed by atoms with Gasteiger partial charge in [-0.15, -0.1) is 0 Å². The topological polar surface area (TPSA) is 91.3 Å². The molecule has 3 unspecified atom stereocenters. The van der Waals surface area contributed by atoms with Gasteiger partial charge in [0.15, 0.2) is 18.0 Å². The number of fused-ring (bicyclic) bond motifs is 1. The van der Waals surface area contributed by atoms with Crippen molar-refractivity contribution in [1.82, 2.24) is 0 Å². The van der Waals surface area contributed by atoms with Gasteiger partial charge in [-0.1, -0.05) is 0 Å². The van der Waals surface area contributed by atoms with Crippen LogP contribution in [0.15, 0.2) is 0 Å². The molecule has 22 heavy (non-hydrogen) atoms. The van der Waals surface area contributed by atoms with E-state index in [1.807, 2.05) is 0 Å². The maximum absolute atomic E-state index is 12.8. The van der Waals surface area contributed by atoms with Crippen LogP contribution in [0.5, 0.6) is 0 Å². The Hall–Kier alpha value is -1.32. The summed E-state index contributed by atoms with van der Waals surface area (Å²) in [5.74, 6) is -6.90. The van der Waals surface area contributed by atoms with Crippen molar-refractivity contribution in [1.29, 1.82) is 0 Å². The van der Waals surface area contributed by atoms with Crippen molar-refractivity contribution < 1.29 is 42.4 Å². The van der Waals surface area contributed by atoms with E-state index in [-0.39, 0.29) is 25.7 Å². The summed E-state index contributed by atoms with van der Waals surface area (Å²) >= 11 is 0. The second-order valence-corrected chi connectivity index (χ2v) is 5.85. The van der Waals surface area contributed by atoms with E-state index in [0.717, 1.165) is 0 Å². The predicted octanol–water partition coefficient (Wildman–Crippen LogP) is 0.483. The first-order chi connectivity index (χ1) is 10.2. The first-order valence-corrected chi connectivity index (χ1v) is 7.03. The van der Waals surface area contributed by atoms with Crippen molar-refractivity contribution in [2.24, 2.45) is 0 Å².